The number of aryl methyl sites for hydroxylation is 1. The number of nitrogens with two attached hydrogens (primary N) is 1. The lowest BCUT2D eigenvalue weighted by Gasteiger charge is -2.19. The lowest BCUT2D eigenvalue weighted by atomic mass is 10.0. The number of halogens is 1. The van der Waals surface area contributed by atoms with Crippen LogP contribution in [0, 0.1) is 0 Å². The van der Waals surface area contributed by atoms with Gasteiger partial charge in [0.15, 0.2) is 5.75 Å². The van der Waals surface area contributed by atoms with E-state index in [-0.39, 0.29) is 6.04 Å². The van der Waals surface area contributed by atoms with E-state index in [2.05, 4.69) is 45.5 Å². The third kappa shape index (κ3) is 3.84. The summed E-state index contributed by atoms with van der Waals surface area (Å²) < 4.78 is 8.45. The van der Waals surface area contributed by atoms with Crippen LogP contribution in [0.25, 0.3) is 0 Å². The smallest absolute Gasteiger partial charge is 0.161 e. The van der Waals surface area contributed by atoms with Gasteiger partial charge in [0, 0.05) is 11.0 Å². The number of hydrazine groups is 1. The average molecular weight is 353 g/mol. The molecular formula is C15H21BrN4O. The number of aromatic nitrogens is 2. The van der Waals surface area contributed by atoms with Crippen LogP contribution in [0.5, 0.6) is 5.75 Å². The predicted octanol–water partition coefficient (Wildman–Crippen LogP) is 2.81. The molecular weight excluding hydrogens is 332 g/mol. The summed E-state index contributed by atoms with van der Waals surface area (Å²) in [6.45, 7) is 2.96. The van der Waals surface area contributed by atoms with E-state index < -0.39 is 0 Å². The number of hydrogen-bond donors (Lipinski definition) is 2. The van der Waals surface area contributed by atoms with Gasteiger partial charge in [-0.2, -0.15) is 5.10 Å². The molecule has 5 nitrogen and oxygen atoms in total. The highest BCUT2D eigenvalue weighted by atomic mass is 79.9. The summed E-state index contributed by atoms with van der Waals surface area (Å²) in [6.07, 6.45) is 3.52. The van der Waals surface area contributed by atoms with Crippen LogP contribution in [0.3, 0.4) is 0 Å². The molecule has 3 N–H and O–H groups in total. The number of ether oxygens (including phenoxy) is 1. The Bertz CT molecular complexity index is 585. The summed E-state index contributed by atoms with van der Waals surface area (Å²) >= 11 is 3.50. The molecule has 1 heterocycles. The molecule has 21 heavy (non-hydrogen) atoms. The van der Waals surface area contributed by atoms with Crippen LogP contribution in [-0.2, 0) is 13.0 Å². The number of methoxy groups -OCH3 is 1. The normalized spacial score (nSPS) is 12.4. The third-order valence-electron chi connectivity index (χ3n) is 3.36. The maximum absolute atomic E-state index is 5.78. The zero-order valence-corrected chi connectivity index (χ0v) is 13.9. The van der Waals surface area contributed by atoms with Gasteiger partial charge in [0.05, 0.1) is 25.0 Å². The van der Waals surface area contributed by atoms with Gasteiger partial charge >= 0.3 is 0 Å². The molecule has 1 aromatic carbocycles. The molecule has 0 radical (unpaired) electrons. The first-order valence-electron chi connectivity index (χ1n) is 6.99. The fourth-order valence-electron chi connectivity index (χ4n) is 2.41. The first-order chi connectivity index (χ1) is 10.2. The van der Waals surface area contributed by atoms with Gasteiger partial charge in [0.2, 0.25) is 0 Å². The minimum Gasteiger partial charge on any atom is -0.493 e. The lowest BCUT2D eigenvalue weighted by Crippen LogP contribution is -2.31. The van der Waals surface area contributed by atoms with Gasteiger partial charge in [-0.25, -0.2) is 0 Å². The van der Waals surface area contributed by atoms with Crippen molar-refractivity contribution in [2.75, 3.05) is 7.11 Å². The van der Waals surface area contributed by atoms with Crippen molar-refractivity contribution in [3.05, 3.63) is 46.2 Å². The van der Waals surface area contributed by atoms with Gasteiger partial charge in [-0.1, -0.05) is 35.0 Å². The van der Waals surface area contributed by atoms with Crippen LogP contribution >= 0.6 is 15.9 Å². The summed E-state index contributed by atoms with van der Waals surface area (Å²) in [5, 5.41) is 4.39. The third-order valence-corrected chi connectivity index (χ3v) is 3.85. The second-order valence-corrected chi connectivity index (χ2v) is 5.79. The summed E-state index contributed by atoms with van der Waals surface area (Å²) in [5.41, 5.74) is 5.07. The van der Waals surface area contributed by atoms with E-state index in [9.17, 15) is 0 Å². The van der Waals surface area contributed by atoms with Crippen molar-refractivity contribution in [2.45, 2.75) is 32.4 Å². The van der Waals surface area contributed by atoms with Crippen LogP contribution in [0.1, 0.15) is 30.6 Å². The molecule has 1 unspecified atom stereocenters. The van der Waals surface area contributed by atoms with Crippen molar-refractivity contribution < 1.29 is 4.74 Å². The molecule has 2 rings (SSSR count). The molecule has 1 atom stereocenters. The summed E-state index contributed by atoms with van der Waals surface area (Å²) in [5.74, 6) is 6.55. The summed E-state index contributed by atoms with van der Waals surface area (Å²) in [7, 11) is 1.66. The quantitative estimate of drug-likeness (QED) is 0.594. The molecule has 1 aromatic heterocycles. The van der Waals surface area contributed by atoms with Gasteiger partial charge < -0.3 is 4.74 Å². The molecule has 0 amide bonds. The Morgan fingerprint density at radius 2 is 2.29 bits per heavy atom. The van der Waals surface area contributed by atoms with Gasteiger partial charge in [-0.05, 0) is 30.5 Å². The molecule has 0 bridgehead atoms. The van der Waals surface area contributed by atoms with E-state index in [0.29, 0.717) is 0 Å². The summed E-state index contributed by atoms with van der Waals surface area (Å²) in [4.78, 5) is 0. The fourth-order valence-corrected chi connectivity index (χ4v) is 2.86. The molecule has 114 valence electrons. The van der Waals surface area contributed by atoms with E-state index >= 15 is 0 Å². The van der Waals surface area contributed by atoms with E-state index in [1.807, 2.05) is 16.8 Å². The van der Waals surface area contributed by atoms with Crippen molar-refractivity contribution in [2.24, 2.45) is 5.84 Å². The van der Waals surface area contributed by atoms with Gasteiger partial charge in [-0.3, -0.25) is 16.0 Å². The second kappa shape index (κ2) is 7.59. The number of nitrogens with zero attached hydrogens (tertiary/aromatic N) is 2. The van der Waals surface area contributed by atoms with E-state index in [1.165, 1.54) is 5.56 Å². The van der Waals surface area contributed by atoms with Gasteiger partial charge in [0.1, 0.15) is 0 Å². The van der Waals surface area contributed by atoms with Crippen LogP contribution in [0.4, 0.5) is 0 Å². The Balaban J connectivity index is 2.30. The Morgan fingerprint density at radius 3 is 2.90 bits per heavy atom. The van der Waals surface area contributed by atoms with Crippen molar-refractivity contribution in [1.82, 2.24) is 15.2 Å². The van der Waals surface area contributed by atoms with E-state index in [4.69, 9.17) is 10.6 Å². The van der Waals surface area contributed by atoms with Gasteiger partial charge in [-0.15, -0.1) is 0 Å². The lowest BCUT2D eigenvalue weighted by molar-refractivity contribution is 0.389. The van der Waals surface area contributed by atoms with Crippen LogP contribution in [0.15, 0.2) is 34.9 Å². The molecule has 6 heteroatoms. The molecule has 0 aliphatic carbocycles. The van der Waals surface area contributed by atoms with Crippen molar-refractivity contribution >= 4 is 15.9 Å². The molecule has 0 aliphatic heterocycles. The van der Waals surface area contributed by atoms with E-state index in [0.717, 1.165) is 35.3 Å². The number of nitrogens with one attached hydrogen (secondary N) is 1. The average Bonchev–Trinajstić information content (AvgIpc) is 2.88. The van der Waals surface area contributed by atoms with Crippen LogP contribution < -0.4 is 16.0 Å². The standard InChI is InChI=1S/C15H21BrN4O/c1-3-7-20-15(14(21-2)10-18-20)13(19-17)9-11-5-4-6-12(16)8-11/h4-6,8,10,13,19H,3,7,9,17H2,1-2H3. The zero-order chi connectivity index (χ0) is 15.2. The van der Waals surface area contributed by atoms with Crippen molar-refractivity contribution in [1.29, 1.82) is 0 Å². The topological polar surface area (TPSA) is 65.1 Å². The highest BCUT2D eigenvalue weighted by Crippen LogP contribution is 2.28. The molecule has 0 saturated heterocycles. The monoisotopic (exact) mass is 352 g/mol. The maximum Gasteiger partial charge on any atom is 0.161 e. The van der Waals surface area contributed by atoms with Crippen LogP contribution in [0.2, 0.25) is 0 Å². The zero-order valence-electron chi connectivity index (χ0n) is 12.3. The first kappa shape index (κ1) is 16.0. The Kier molecular flexibility index (Phi) is 5.78. The van der Waals surface area contributed by atoms with Crippen molar-refractivity contribution in [3.63, 3.8) is 0 Å². The molecule has 0 aliphatic rings. The van der Waals surface area contributed by atoms with E-state index in [1.54, 1.807) is 13.3 Å². The Hall–Kier alpha value is -1.37. The van der Waals surface area contributed by atoms with Crippen LogP contribution in [-0.4, -0.2) is 16.9 Å². The molecule has 0 saturated carbocycles. The highest BCUT2D eigenvalue weighted by Gasteiger charge is 2.21. The largest absolute Gasteiger partial charge is 0.493 e. The molecule has 0 spiro atoms. The maximum atomic E-state index is 5.78. The highest BCUT2D eigenvalue weighted by molar-refractivity contribution is 9.10. The minimum atomic E-state index is -0.0525. The minimum absolute atomic E-state index is 0.0525. The fraction of sp³-hybridized carbons (Fsp3) is 0.400. The number of rotatable bonds is 7. The predicted molar refractivity (Wildman–Crippen MR) is 87.0 cm³/mol. The summed E-state index contributed by atoms with van der Waals surface area (Å²) in [6, 6.07) is 8.16. The number of benzene rings is 1. The number of hydrogen-bond acceptors (Lipinski definition) is 4. The SMILES string of the molecule is CCCn1ncc(OC)c1C(Cc1cccc(Br)c1)NN. The van der Waals surface area contributed by atoms with Crippen molar-refractivity contribution in [3.8, 4) is 5.75 Å². The Morgan fingerprint density at radius 1 is 1.48 bits per heavy atom. The Labute approximate surface area is 133 Å². The molecule has 0 fully saturated rings. The second-order valence-electron chi connectivity index (χ2n) is 4.87. The van der Waals surface area contributed by atoms with Gasteiger partial charge in [0.25, 0.3) is 0 Å². The first-order valence-corrected chi connectivity index (χ1v) is 7.79. The molecule has 2 aromatic rings.